The Labute approximate surface area is 143 Å². The first kappa shape index (κ1) is 16.7. The second kappa shape index (κ2) is 8.13. The Morgan fingerprint density at radius 1 is 1.21 bits per heavy atom. The number of hydrogen-bond donors (Lipinski definition) is 1. The Hall–Kier alpha value is -2.10. The molecule has 1 atom stereocenters. The molecule has 1 N–H and O–H groups in total. The van der Waals surface area contributed by atoms with Gasteiger partial charge >= 0.3 is 0 Å². The van der Waals surface area contributed by atoms with Crippen LogP contribution >= 0.6 is 0 Å². The van der Waals surface area contributed by atoms with Crippen LogP contribution in [0.1, 0.15) is 50.0 Å². The maximum atomic E-state index is 12.2. The fourth-order valence-corrected chi connectivity index (χ4v) is 3.60. The predicted molar refractivity (Wildman–Crippen MR) is 94.6 cm³/mol. The predicted octanol–water partition coefficient (Wildman–Crippen LogP) is 3.01. The summed E-state index contributed by atoms with van der Waals surface area (Å²) in [5.74, 6) is 0.237. The van der Waals surface area contributed by atoms with Crippen LogP contribution in [-0.2, 0) is 9.59 Å². The van der Waals surface area contributed by atoms with Crippen molar-refractivity contribution in [3.63, 3.8) is 0 Å². The molecule has 1 heterocycles. The molecular formula is C20H26N2O2. The molecule has 24 heavy (non-hydrogen) atoms. The Morgan fingerprint density at radius 2 is 2.04 bits per heavy atom. The molecular weight excluding hydrogens is 300 g/mol. The van der Waals surface area contributed by atoms with E-state index in [0.29, 0.717) is 19.5 Å². The highest BCUT2D eigenvalue weighted by atomic mass is 16.2. The van der Waals surface area contributed by atoms with E-state index in [9.17, 15) is 9.59 Å². The molecule has 1 aliphatic heterocycles. The number of amides is 2. The van der Waals surface area contributed by atoms with Crippen LogP contribution in [0.25, 0.3) is 0 Å². The van der Waals surface area contributed by atoms with E-state index in [-0.39, 0.29) is 24.3 Å². The van der Waals surface area contributed by atoms with Crippen molar-refractivity contribution in [1.82, 2.24) is 10.2 Å². The standard InChI is InChI=1S/C20H26N2O2/c23-19(21-12-11-16-7-3-1-4-8-16)15-22-14-18(13-20(22)24)17-9-5-2-6-10-17/h2,5-7,9-10,18H,1,3-4,8,11-15H2,(H,21,23)/t18-/m1/s1. The average Bonchev–Trinajstić information content (AvgIpc) is 2.97. The number of nitrogens with one attached hydrogen (secondary N) is 1. The van der Waals surface area contributed by atoms with Crippen molar-refractivity contribution >= 4 is 11.8 Å². The number of allylic oxidation sites excluding steroid dienone is 1. The van der Waals surface area contributed by atoms with Crippen LogP contribution in [0.2, 0.25) is 0 Å². The lowest BCUT2D eigenvalue weighted by atomic mass is 9.97. The zero-order valence-electron chi connectivity index (χ0n) is 14.2. The summed E-state index contributed by atoms with van der Waals surface area (Å²) in [6.07, 6.45) is 8.64. The molecule has 1 fully saturated rings. The van der Waals surface area contributed by atoms with E-state index in [2.05, 4.69) is 23.5 Å². The van der Waals surface area contributed by atoms with Gasteiger partial charge in [-0.05, 0) is 37.7 Å². The van der Waals surface area contributed by atoms with E-state index in [1.807, 2.05) is 18.2 Å². The second-order valence-electron chi connectivity index (χ2n) is 6.79. The normalized spacial score (nSPS) is 20.8. The van der Waals surface area contributed by atoms with Crippen LogP contribution in [0.5, 0.6) is 0 Å². The van der Waals surface area contributed by atoms with Crippen molar-refractivity contribution < 1.29 is 9.59 Å². The molecule has 0 radical (unpaired) electrons. The van der Waals surface area contributed by atoms with Gasteiger partial charge < -0.3 is 10.2 Å². The number of benzene rings is 1. The monoisotopic (exact) mass is 326 g/mol. The largest absolute Gasteiger partial charge is 0.354 e. The number of hydrogen-bond acceptors (Lipinski definition) is 2. The third-order valence-electron chi connectivity index (χ3n) is 4.97. The number of carbonyl (C=O) groups is 2. The summed E-state index contributed by atoms with van der Waals surface area (Å²) in [6.45, 7) is 1.50. The summed E-state index contributed by atoms with van der Waals surface area (Å²) in [5, 5.41) is 2.96. The molecule has 2 amide bonds. The van der Waals surface area contributed by atoms with Gasteiger partial charge in [-0.25, -0.2) is 0 Å². The molecule has 1 aromatic rings. The van der Waals surface area contributed by atoms with E-state index < -0.39 is 0 Å². The zero-order valence-corrected chi connectivity index (χ0v) is 14.2. The van der Waals surface area contributed by atoms with Gasteiger partial charge in [0.25, 0.3) is 0 Å². The van der Waals surface area contributed by atoms with E-state index in [0.717, 1.165) is 6.42 Å². The minimum atomic E-state index is -0.0477. The van der Waals surface area contributed by atoms with Crippen molar-refractivity contribution in [3.8, 4) is 0 Å². The lowest BCUT2D eigenvalue weighted by molar-refractivity contribution is -0.133. The molecule has 1 saturated heterocycles. The van der Waals surface area contributed by atoms with E-state index in [1.54, 1.807) is 4.90 Å². The molecule has 0 unspecified atom stereocenters. The van der Waals surface area contributed by atoms with Crippen molar-refractivity contribution in [2.24, 2.45) is 0 Å². The third kappa shape index (κ3) is 4.47. The lowest BCUT2D eigenvalue weighted by Crippen LogP contribution is -2.38. The highest BCUT2D eigenvalue weighted by Gasteiger charge is 2.31. The number of nitrogens with zero attached hydrogens (tertiary/aromatic N) is 1. The number of likely N-dealkylation sites (tertiary alicyclic amines) is 1. The van der Waals surface area contributed by atoms with Gasteiger partial charge in [-0.15, -0.1) is 0 Å². The minimum absolute atomic E-state index is 0.0477. The Balaban J connectivity index is 1.43. The van der Waals surface area contributed by atoms with E-state index >= 15 is 0 Å². The molecule has 1 aliphatic carbocycles. The third-order valence-corrected chi connectivity index (χ3v) is 4.97. The van der Waals surface area contributed by atoms with Crippen LogP contribution in [0.4, 0.5) is 0 Å². The van der Waals surface area contributed by atoms with Gasteiger partial charge in [-0.2, -0.15) is 0 Å². The second-order valence-corrected chi connectivity index (χ2v) is 6.79. The minimum Gasteiger partial charge on any atom is -0.354 e. The molecule has 0 aromatic heterocycles. The molecule has 3 rings (SSSR count). The molecule has 4 nitrogen and oxygen atoms in total. The van der Waals surface area contributed by atoms with Crippen molar-refractivity contribution in [2.75, 3.05) is 19.6 Å². The molecule has 0 saturated carbocycles. The van der Waals surface area contributed by atoms with Gasteiger partial charge in [0.2, 0.25) is 11.8 Å². The van der Waals surface area contributed by atoms with Gasteiger partial charge in [-0.1, -0.05) is 42.0 Å². The molecule has 1 aromatic carbocycles. The van der Waals surface area contributed by atoms with Crippen LogP contribution in [0.15, 0.2) is 42.0 Å². The molecule has 4 heteroatoms. The highest BCUT2D eigenvalue weighted by Crippen LogP contribution is 2.27. The number of rotatable bonds is 6. The summed E-state index contributed by atoms with van der Waals surface area (Å²) < 4.78 is 0. The summed E-state index contributed by atoms with van der Waals surface area (Å²) in [5.41, 5.74) is 2.64. The Morgan fingerprint density at radius 3 is 2.79 bits per heavy atom. The zero-order chi connectivity index (χ0) is 16.8. The fourth-order valence-electron chi connectivity index (χ4n) is 3.60. The van der Waals surface area contributed by atoms with Crippen LogP contribution in [0, 0.1) is 0 Å². The van der Waals surface area contributed by atoms with Crippen molar-refractivity contribution in [3.05, 3.63) is 47.5 Å². The van der Waals surface area contributed by atoms with Gasteiger partial charge in [-0.3, -0.25) is 9.59 Å². The SMILES string of the molecule is O=C(CN1C[C@H](c2ccccc2)CC1=O)NCCC1=CCCCC1. The fraction of sp³-hybridized carbons (Fsp3) is 0.500. The maximum Gasteiger partial charge on any atom is 0.239 e. The summed E-state index contributed by atoms with van der Waals surface area (Å²) in [7, 11) is 0. The lowest BCUT2D eigenvalue weighted by Gasteiger charge is -2.17. The van der Waals surface area contributed by atoms with E-state index in [1.165, 1.54) is 36.8 Å². The Bertz CT molecular complexity index is 609. The van der Waals surface area contributed by atoms with Crippen LogP contribution < -0.4 is 5.32 Å². The van der Waals surface area contributed by atoms with Gasteiger partial charge in [0.15, 0.2) is 0 Å². The summed E-state index contributed by atoms with van der Waals surface area (Å²) in [6, 6.07) is 10.1. The molecule has 0 spiro atoms. The summed E-state index contributed by atoms with van der Waals surface area (Å²) in [4.78, 5) is 25.9. The Kier molecular flexibility index (Phi) is 5.68. The van der Waals surface area contributed by atoms with Gasteiger partial charge in [0, 0.05) is 25.4 Å². The average molecular weight is 326 g/mol. The van der Waals surface area contributed by atoms with Crippen molar-refractivity contribution in [2.45, 2.75) is 44.4 Å². The highest BCUT2D eigenvalue weighted by molar-refractivity contribution is 5.86. The first-order valence-corrected chi connectivity index (χ1v) is 8.99. The molecule has 0 bridgehead atoms. The first-order chi connectivity index (χ1) is 11.7. The number of carbonyl (C=O) groups excluding carboxylic acids is 2. The van der Waals surface area contributed by atoms with Gasteiger partial charge in [0.1, 0.15) is 0 Å². The van der Waals surface area contributed by atoms with E-state index in [4.69, 9.17) is 0 Å². The van der Waals surface area contributed by atoms with Crippen LogP contribution in [0.3, 0.4) is 0 Å². The molecule has 2 aliphatic rings. The topological polar surface area (TPSA) is 49.4 Å². The first-order valence-electron chi connectivity index (χ1n) is 8.99. The van der Waals surface area contributed by atoms with Crippen molar-refractivity contribution in [1.29, 1.82) is 0 Å². The quantitative estimate of drug-likeness (QED) is 0.817. The van der Waals surface area contributed by atoms with Crippen LogP contribution in [-0.4, -0.2) is 36.3 Å². The molecule has 128 valence electrons. The summed E-state index contributed by atoms with van der Waals surface area (Å²) >= 11 is 0. The maximum absolute atomic E-state index is 12.2. The smallest absolute Gasteiger partial charge is 0.239 e. The van der Waals surface area contributed by atoms with Gasteiger partial charge in [0.05, 0.1) is 6.54 Å².